The number of H-pyrrole nitrogens is 1. The van der Waals surface area contributed by atoms with Crippen LogP contribution in [0.1, 0.15) is 0 Å². The van der Waals surface area contributed by atoms with Gasteiger partial charge in [0.25, 0.3) is 0 Å². The standard InChI is InChI=1S/C8H6BrNO2S.C6H5N3S/c9-5-1-2-6-7(3-5)10-4-8(6)13(11)12;7-4-1-2-5-6(3-4)9-10-8-5/h1-4,10H,(H,11,12);1-3H,7H2/p-1. The molecule has 4 aromatic rings. The molecule has 2 aromatic heterocycles. The predicted octanol–water partition coefficient (Wildman–Crippen LogP) is 3.44. The van der Waals surface area contributed by atoms with Crippen molar-refractivity contribution in [2.75, 3.05) is 5.73 Å². The van der Waals surface area contributed by atoms with Gasteiger partial charge in [-0.25, -0.2) is 0 Å². The third kappa shape index (κ3) is 3.58. The van der Waals surface area contributed by atoms with Crippen molar-refractivity contribution in [2.24, 2.45) is 0 Å². The van der Waals surface area contributed by atoms with Crippen LogP contribution in [0.2, 0.25) is 0 Å². The van der Waals surface area contributed by atoms with E-state index >= 15 is 0 Å². The van der Waals surface area contributed by atoms with E-state index in [2.05, 4.69) is 29.7 Å². The second-order valence-corrected chi connectivity index (χ2v) is 6.94. The second-order valence-electron chi connectivity index (χ2n) is 4.59. The average Bonchev–Trinajstić information content (AvgIpc) is 3.12. The highest BCUT2D eigenvalue weighted by Crippen LogP contribution is 2.23. The molecule has 2 heterocycles. The van der Waals surface area contributed by atoms with Crippen molar-refractivity contribution in [3.8, 4) is 0 Å². The summed E-state index contributed by atoms with van der Waals surface area (Å²) in [7, 11) is 0. The van der Waals surface area contributed by atoms with Gasteiger partial charge in [0.1, 0.15) is 11.0 Å². The summed E-state index contributed by atoms with van der Waals surface area (Å²) in [5.74, 6) is 0. The number of aromatic amines is 1. The molecule has 6 nitrogen and oxygen atoms in total. The van der Waals surface area contributed by atoms with Crippen LogP contribution in [0.3, 0.4) is 0 Å². The minimum absolute atomic E-state index is 0.308. The molecule has 2 aromatic carbocycles. The van der Waals surface area contributed by atoms with Gasteiger partial charge in [-0.15, -0.1) is 0 Å². The molecule has 3 N–H and O–H groups in total. The van der Waals surface area contributed by atoms with Crippen molar-refractivity contribution in [1.29, 1.82) is 0 Å². The second kappa shape index (κ2) is 6.75. The fraction of sp³-hybridized carbons (Fsp3) is 0. The molecule has 4 rings (SSSR count). The van der Waals surface area contributed by atoms with Crippen LogP contribution < -0.4 is 5.73 Å². The first-order chi connectivity index (χ1) is 11.0. The monoisotopic (exact) mass is 409 g/mol. The van der Waals surface area contributed by atoms with E-state index in [4.69, 9.17) is 5.73 Å². The van der Waals surface area contributed by atoms with Gasteiger partial charge in [-0.2, -0.15) is 8.75 Å². The number of hydrogen-bond acceptors (Lipinski definition) is 6. The van der Waals surface area contributed by atoms with Gasteiger partial charge in [0.15, 0.2) is 0 Å². The highest BCUT2D eigenvalue weighted by molar-refractivity contribution is 9.10. The van der Waals surface area contributed by atoms with Gasteiger partial charge < -0.3 is 15.3 Å². The quantitative estimate of drug-likeness (QED) is 0.369. The summed E-state index contributed by atoms with van der Waals surface area (Å²) in [6, 6.07) is 10.9. The lowest BCUT2D eigenvalue weighted by atomic mass is 10.2. The van der Waals surface area contributed by atoms with Crippen molar-refractivity contribution in [3.63, 3.8) is 0 Å². The molecule has 0 aliphatic rings. The molecule has 0 aliphatic carbocycles. The van der Waals surface area contributed by atoms with Gasteiger partial charge in [-0.3, -0.25) is 4.21 Å². The molecular formula is C14H10BrN4O2S2-. The Morgan fingerprint density at radius 1 is 1.17 bits per heavy atom. The number of nitrogens with one attached hydrogen (secondary N) is 1. The van der Waals surface area contributed by atoms with Crippen LogP contribution in [0, 0.1) is 0 Å². The number of hydrogen-bond donors (Lipinski definition) is 2. The molecule has 1 atom stereocenters. The Labute approximate surface area is 146 Å². The molecule has 0 amide bonds. The number of nitrogens with zero attached hydrogens (tertiary/aromatic N) is 2. The Morgan fingerprint density at radius 3 is 2.74 bits per heavy atom. The number of nitrogen functional groups attached to an aromatic ring is 1. The molecule has 0 aliphatic heterocycles. The molecule has 1 unspecified atom stereocenters. The van der Waals surface area contributed by atoms with E-state index in [0.29, 0.717) is 4.90 Å². The van der Waals surface area contributed by atoms with Gasteiger partial charge in [-0.05, 0) is 41.4 Å². The molecule has 118 valence electrons. The Kier molecular flexibility index (Phi) is 4.71. The molecule has 0 spiro atoms. The highest BCUT2D eigenvalue weighted by atomic mass is 79.9. The Bertz CT molecular complexity index is 999. The third-order valence-electron chi connectivity index (χ3n) is 3.06. The van der Waals surface area contributed by atoms with E-state index in [9.17, 15) is 8.76 Å². The Morgan fingerprint density at radius 2 is 1.96 bits per heavy atom. The molecule has 0 radical (unpaired) electrons. The highest BCUT2D eigenvalue weighted by Gasteiger charge is 2.03. The van der Waals surface area contributed by atoms with E-state index in [1.807, 2.05) is 30.3 Å². The lowest BCUT2D eigenvalue weighted by molar-refractivity contribution is 0.538. The van der Waals surface area contributed by atoms with Crippen LogP contribution in [0.4, 0.5) is 5.69 Å². The number of fused-ring (bicyclic) bond motifs is 2. The summed E-state index contributed by atoms with van der Waals surface area (Å²) < 4.78 is 30.4. The molecule has 23 heavy (non-hydrogen) atoms. The Hall–Kier alpha value is -1.81. The van der Waals surface area contributed by atoms with Gasteiger partial charge >= 0.3 is 0 Å². The van der Waals surface area contributed by atoms with E-state index in [-0.39, 0.29) is 0 Å². The average molecular weight is 410 g/mol. The maximum atomic E-state index is 10.7. The summed E-state index contributed by atoms with van der Waals surface area (Å²) >= 11 is 2.34. The van der Waals surface area contributed by atoms with E-state index in [1.165, 1.54) is 17.9 Å². The minimum atomic E-state index is -2.18. The van der Waals surface area contributed by atoms with Crippen LogP contribution >= 0.6 is 27.7 Å². The van der Waals surface area contributed by atoms with E-state index in [1.54, 1.807) is 6.07 Å². The van der Waals surface area contributed by atoms with Gasteiger partial charge in [0.05, 0.1) is 16.6 Å². The summed E-state index contributed by atoms with van der Waals surface area (Å²) in [5, 5.41) is 0.719. The molecule has 9 heteroatoms. The molecule has 0 saturated carbocycles. The third-order valence-corrected chi connectivity index (χ3v) is 4.81. The van der Waals surface area contributed by atoms with E-state index in [0.717, 1.165) is 32.1 Å². The fourth-order valence-electron chi connectivity index (χ4n) is 2.01. The first kappa shape index (κ1) is 16.1. The molecule has 0 saturated heterocycles. The van der Waals surface area contributed by atoms with Crippen LogP contribution in [-0.4, -0.2) is 22.5 Å². The summed E-state index contributed by atoms with van der Waals surface area (Å²) in [6.45, 7) is 0. The SMILES string of the molecule is Nc1ccc2nsnc2c1.O=S([O-])c1c[nH]c2cc(Br)ccc12. The van der Waals surface area contributed by atoms with Crippen molar-refractivity contribution < 1.29 is 8.76 Å². The fourth-order valence-corrected chi connectivity index (χ4v) is 3.40. The van der Waals surface area contributed by atoms with E-state index < -0.39 is 11.1 Å². The molecule has 0 bridgehead atoms. The number of aromatic nitrogens is 3. The van der Waals surface area contributed by atoms with Crippen molar-refractivity contribution in [1.82, 2.24) is 13.7 Å². The van der Waals surface area contributed by atoms with Crippen LogP contribution in [0.5, 0.6) is 0 Å². The van der Waals surface area contributed by atoms with Crippen LogP contribution in [-0.2, 0) is 11.1 Å². The lowest BCUT2D eigenvalue weighted by Crippen LogP contribution is -1.85. The maximum absolute atomic E-state index is 10.7. The maximum Gasteiger partial charge on any atom is 0.106 e. The molecular weight excluding hydrogens is 400 g/mol. The number of nitrogens with two attached hydrogens (primary N) is 1. The zero-order chi connectivity index (χ0) is 16.4. The predicted molar refractivity (Wildman–Crippen MR) is 95.0 cm³/mol. The summed E-state index contributed by atoms with van der Waals surface area (Å²) in [6.07, 6.45) is 1.49. The van der Waals surface area contributed by atoms with Gasteiger partial charge in [0.2, 0.25) is 0 Å². The number of benzene rings is 2. The summed E-state index contributed by atoms with van der Waals surface area (Å²) in [4.78, 5) is 3.20. The topological polar surface area (TPSA) is 108 Å². The number of anilines is 1. The van der Waals surface area contributed by atoms with Crippen molar-refractivity contribution >= 4 is 66.4 Å². The Balaban J connectivity index is 0.000000140. The smallest absolute Gasteiger partial charge is 0.106 e. The summed E-state index contributed by atoms with van der Waals surface area (Å²) in [5.41, 5.74) is 8.87. The van der Waals surface area contributed by atoms with Gasteiger partial charge in [-0.1, -0.05) is 22.0 Å². The zero-order valence-electron chi connectivity index (χ0n) is 11.5. The minimum Gasteiger partial charge on any atom is -0.768 e. The number of rotatable bonds is 1. The first-order valence-electron chi connectivity index (χ1n) is 6.38. The largest absolute Gasteiger partial charge is 0.768 e. The number of halogens is 1. The zero-order valence-corrected chi connectivity index (χ0v) is 14.7. The first-order valence-corrected chi connectivity index (χ1v) is 8.98. The molecule has 0 fully saturated rings. The van der Waals surface area contributed by atoms with Gasteiger partial charge in [0, 0.05) is 27.3 Å². The van der Waals surface area contributed by atoms with Crippen LogP contribution in [0.15, 0.2) is 52.0 Å². The van der Waals surface area contributed by atoms with Crippen molar-refractivity contribution in [2.45, 2.75) is 4.90 Å². The normalized spacial score (nSPS) is 12.1. The van der Waals surface area contributed by atoms with Crippen molar-refractivity contribution in [3.05, 3.63) is 47.1 Å². The van der Waals surface area contributed by atoms with Crippen LogP contribution in [0.25, 0.3) is 21.9 Å². The lowest BCUT2D eigenvalue weighted by Gasteiger charge is -2.01.